The molecule has 0 spiro atoms. The van der Waals surface area contributed by atoms with Gasteiger partial charge in [-0.05, 0) is 12.1 Å². The zero-order chi connectivity index (χ0) is 12.0. The molecule has 0 bridgehead atoms. The van der Waals surface area contributed by atoms with E-state index in [-0.39, 0.29) is 13.2 Å². The number of carbonyl (C=O) groups excluding carboxylic acids is 2. The largest absolute Gasteiger partial charge is 0.465 e. The number of aryl methyl sites for hydroxylation is 1. The van der Waals surface area contributed by atoms with E-state index >= 15 is 0 Å². The van der Waals surface area contributed by atoms with Gasteiger partial charge in [0.25, 0.3) is 0 Å². The molecule has 1 aromatic heterocycles. The van der Waals surface area contributed by atoms with Crippen molar-refractivity contribution < 1.29 is 23.5 Å². The summed E-state index contributed by atoms with van der Waals surface area (Å²) in [5, 5.41) is 0. The summed E-state index contributed by atoms with van der Waals surface area (Å²) >= 11 is 0. The van der Waals surface area contributed by atoms with E-state index in [1.54, 1.807) is 6.07 Å². The minimum Gasteiger partial charge on any atom is -0.465 e. The molecule has 0 saturated carbocycles. The predicted molar refractivity (Wildman–Crippen MR) is 54.5 cm³/mol. The molecule has 0 aromatic carbocycles. The lowest BCUT2D eigenvalue weighted by Gasteiger charge is -2.02. The Labute approximate surface area is 93.3 Å². The van der Waals surface area contributed by atoms with Gasteiger partial charge in [-0.3, -0.25) is 9.59 Å². The Bertz CT molecular complexity index is 366. The average molecular weight is 226 g/mol. The van der Waals surface area contributed by atoms with Crippen molar-refractivity contribution >= 4 is 11.9 Å². The second kappa shape index (κ2) is 5.95. The Morgan fingerprint density at radius 1 is 1.25 bits per heavy atom. The molecule has 1 aromatic rings. The first-order valence-corrected chi connectivity index (χ1v) is 4.98. The van der Waals surface area contributed by atoms with Crippen molar-refractivity contribution in [3.8, 4) is 0 Å². The maximum atomic E-state index is 11.2. The van der Waals surface area contributed by atoms with Crippen molar-refractivity contribution in [1.29, 1.82) is 0 Å². The molecular weight excluding hydrogens is 212 g/mol. The molecule has 0 saturated heterocycles. The van der Waals surface area contributed by atoms with E-state index in [2.05, 4.69) is 9.47 Å². The second-order valence-electron chi connectivity index (χ2n) is 3.17. The summed E-state index contributed by atoms with van der Waals surface area (Å²) in [5.74, 6) is 0.393. The van der Waals surface area contributed by atoms with Crippen molar-refractivity contribution in [2.45, 2.75) is 26.7 Å². The number of furan rings is 1. The molecule has 5 heteroatoms. The van der Waals surface area contributed by atoms with Crippen molar-refractivity contribution in [3.63, 3.8) is 0 Å². The lowest BCUT2D eigenvalue weighted by Crippen LogP contribution is -2.12. The molecule has 0 fully saturated rings. The van der Waals surface area contributed by atoms with Crippen LogP contribution in [0.5, 0.6) is 0 Å². The van der Waals surface area contributed by atoms with Crippen LogP contribution in [0.2, 0.25) is 0 Å². The molecule has 0 unspecified atom stereocenters. The van der Waals surface area contributed by atoms with E-state index in [0.717, 1.165) is 12.2 Å². The molecule has 0 aliphatic rings. The summed E-state index contributed by atoms with van der Waals surface area (Å²) in [6.07, 6.45) is 0.823. The topological polar surface area (TPSA) is 65.7 Å². The molecule has 16 heavy (non-hydrogen) atoms. The van der Waals surface area contributed by atoms with Crippen molar-refractivity contribution in [2.24, 2.45) is 0 Å². The fourth-order valence-corrected chi connectivity index (χ4v) is 1.08. The molecule has 0 radical (unpaired) electrons. The van der Waals surface area contributed by atoms with E-state index in [0.29, 0.717) is 5.76 Å². The fourth-order valence-electron chi connectivity index (χ4n) is 1.08. The van der Waals surface area contributed by atoms with Crippen LogP contribution >= 0.6 is 0 Å². The second-order valence-corrected chi connectivity index (χ2v) is 3.17. The van der Waals surface area contributed by atoms with Crippen LogP contribution in [0.1, 0.15) is 25.4 Å². The van der Waals surface area contributed by atoms with E-state index in [4.69, 9.17) is 4.42 Å². The molecule has 0 amide bonds. The fraction of sp³-hybridized carbons (Fsp3) is 0.455. The molecule has 0 aliphatic heterocycles. The van der Waals surface area contributed by atoms with Crippen LogP contribution in [-0.2, 0) is 31.9 Å². The highest BCUT2D eigenvalue weighted by atomic mass is 16.7. The van der Waals surface area contributed by atoms with Gasteiger partial charge in [0.2, 0.25) is 6.79 Å². The highest BCUT2D eigenvalue weighted by Crippen LogP contribution is 2.09. The quantitative estimate of drug-likeness (QED) is 0.561. The summed E-state index contributed by atoms with van der Waals surface area (Å²) in [6.45, 7) is 2.85. The summed E-state index contributed by atoms with van der Waals surface area (Å²) in [4.78, 5) is 21.6. The third kappa shape index (κ3) is 4.16. The molecule has 5 nitrogen and oxygen atoms in total. The standard InChI is InChI=1S/C11H14O5/c1-3-9-4-5-10(16-9)6-11(13)15-7-14-8(2)12/h4-5H,3,6-7H2,1-2H3. The number of ether oxygens (including phenoxy) is 2. The minimum atomic E-state index is -0.488. The third-order valence-electron chi connectivity index (χ3n) is 1.87. The molecule has 0 aliphatic carbocycles. The first-order valence-electron chi connectivity index (χ1n) is 4.98. The summed E-state index contributed by atoms with van der Waals surface area (Å²) in [7, 11) is 0. The van der Waals surface area contributed by atoms with Gasteiger partial charge in [-0.1, -0.05) is 6.92 Å². The van der Waals surface area contributed by atoms with Crippen LogP contribution in [0.15, 0.2) is 16.5 Å². The van der Waals surface area contributed by atoms with Crippen LogP contribution in [0.25, 0.3) is 0 Å². The zero-order valence-electron chi connectivity index (χ0n) is 9.32. The summed E-state index contributed by atoms with van der Waals surface area (Å²) in [6, 6.07) is 3.54. The van der Waals surface area contributed by atoms with Gasteiger partial charge in [0.15, 0.2) is 0 Å². The van der Waals surface area contributed by atoms with E-state index < -0.39 is 11.9 Å². The lowest BCUT2D eigenvalue weighted by atomic mass is 10.3. The monoisotopic (exact) mass is 226 g/mol. The van der Waals surface area contributed by atoms with Gasteiger partial charge in [-0.2, -0.15) is 0 Å². The first-order chi connectivity index (χ1) is 7.61. The van der Waals surface area contributed by atoms with Gasteiger partial charge < -0.3 is 13.9 Å². The number of hydrogen-bond donors (Lipinski definition) is 0. The van der Waals surface area contributed by atoms with Gasteiger partial charge in [0.05, 0.1) is 0 Å². The van der Waals surface area contributed by atoms with Crippen LogP contribution in [0.3, 0.4) is 0 Å². The van der Waals surface area contributed by atoms with Gasteiger partial charge in [-0.15, -0.1) is 0 Å². The smallest absolute Gasteiger partial charge is 0.316 e. The highest BCUT2D eigenvalue weighted by Gasteiger charge is 2.09. The van der Waals surface area contributed by atoms with Crippen LogP contribution < -0.4 is 0 Å². The van der Waals surface area contributed by atoms with Crippen LogP contribution in [-0.4, -0.2) is 18.7 Å². The van der Waals surface area contributed by atoms with E-state index in [9.17, 15) is 9.59 Å². The van der Waals surface area contributed by atoms with Crippen LogP contribution in [0, 0.1) is 0 Å². The zero-order valence-corrected chi connectivity index (χ0v) is 9.32. The molecule has 1 heterocycles. The van der Waals surface area contributed by atoms with E-state index in [1.165, 1.54) is 6.92 Å². The van der Waals surface area contributed by atoms with Gasteiger partial charge >= 0.3 is 11.9 Å². The normalized spacial score (nSPS) is 9.88. The number of hydrogen-bond acceptors (Lipinski definition) is 5. The molecule has 88 valence electrons. The Morgan fingerprint density at radius 2 is 1.94 bits per heavy atom. The Hall–Kier alpha value is -1.78. The van der Waals surface area contributed by atoms with Crippen LogP contribution in [0.4, 0.5) is 0 Å². The molecule has 0 N–H and O–H groups in total. The summed E-state index contributed by atoms with van der Waals surface area (Å²) in [5.41, 5.74) is 0. The Kier molecular flexibility index (Phi) is 4.57. The van der Waals surface area contributed by atoms with Gasteiger partial charge in [0.1, 0.15) is 17.9 Å². The minimum absolute atomic E-state index is 0.0429. The molecule has 1 rings (SSSR count). The first kappa shape index (κ1) is 12.3. The maximum absolute atomic E-state index is 11.2. The Balaban J connectivity index is 2.31. The van der Waals surface area contributed by atoms with Crippen molar-refractivity contribution in [3.05, 3.63) is 23.7 Å². The number of esters is 2. The van der Waals surface area contributed by atoms with Gasteiger partial charge in [-0.25, -0.2) is 0 Å². The molecular formula is C11H14O5. The average Bonchev–Trinajstić information content (AvgIpc) is 2.65. The third-order valence-corrected chi connectivity index (χ3v) is 1.87. The van der Waals surface area contributed by atoms with Gasteiger partial charge in [0, 0.05) is 13.3 Å². The Morgan fingerprint density at radius 3 is 2.50 bits per heavy atom. The lowest BCUT2D eigenvalue weighted by molar-refractivity contribution is -0.165. The SMILES string of the molecule is CCc1ccc(CC(=O)OCOC(C)=O)o1. The van der Waals surface area contributed by atoms with Crippen molar-refractivity contribution in [2.75, 3.05) is 6.79 Å². The van der Waals surface area contributed by atoms with Crippen molar-refractivity contribution in [1.82, 2.24) is 0 Å². The maximum Gasteiger partial charge on any atom is 0.316 e. The summed E-state index contributed by atoms with van der Waals surface area (Å²) < 4.78 is 14.4. The van der Waals surface area contributed by atoms with E-state index in [1.807, 2.05) is 13.0 Å². The highest BCUT2D eigenvalue weighted by molar-refractivity contribution is 5.72. The molecule has 0 atom stereocenters. The number of rotatable bonds is 5. The predicted octanol–water partition coefficient (Wildman–Crippen LogP) is 1.45. The number of carbonyl (C=O) groups is 2.